The molecule has 1 N–H and O–H groups in total. The van der Waals surface area contributed by atoms with Gasteiger partial charge in [0, 0.05) is 15.4 Å². The zero-order valence-electron chi connectivity index (χ0n) is 12.0. The third-order valence-electron chi connectivity index (χ3n) is 3.82. The third-order valence-corrected chi connectivity index (χ3v) is 5.00. The fraction of sp³-hybridized carbons (Fsp3) is 0.294. The van der Waals surface area contributed by atoms with Gasteiger partial charge in [-0.3, -0.25) is 0 Å². The Balaban J connectivity index is 1.99. The topological polar surface area (TPSA) is 21.3 Å². The molecule has 3 rings (SSSR count). The van der Waals surface area contributed by atoms with E-state index in [1.807, 2.05) is 7.05 Å². The lowest BCUT2D eigenvalue weighted by Gasteiger charge is -2.19. The van der Waals surface area contributed by atoms with E-state index in [1.54, 1.807) is 0 Å². The van der Waals surface area contributed by atoms with Gasteiger partial charge in [-0.2, -0.15) is 0 Å². The van der Waals surface area contributed by atoms with Gasteiger partial charge in [0.25, 0.3) is 0 Å². The van der Waals surface area contributed by atoms with Crippen LogP contribution in [0.2, 0.25) is 0 Å². The van der Waals surface area contributed by atoms with Crippen molar-refractivity contribution in [1.29, 1.82) is 0 Å². The molecule has 1 aliphatic heterocycles. The summed E-state index contributed by atoms with van der Waals surface area (Å²) in [6.07, 6.45) is 1.27. The van der Waals surface area contributed by atoms with Crippen LogP contribution < -0.4 is 10.1 Å². The van der Waals surface area contributed by atoms with E-state index in [-0.39, 0.29) is 12.1 Å². The first kappa shape index (κ1) is 15.1. The Kier molecular flexibility index (Phi) is 4.38. The van der Waals surface area contributed by atoms with Crippen molar-refractivity contribution in [2.24, 2.45) is 0 Å². The van der Waals surface area contributed by atoms with Gasteiger partial charge in [-0.15, -0.1) is 0 Å². The largest absolute Gasteiger partial charge is 0.490 e. The van der Waals surface area contributed by atoms with Gasteiger partial charge in [0.2, 0.25) is 0 Å². The molecule has 2 nitrogen and oxygen atoms in total. The Bertz CT molecular complexity index is 672. The molecule has 21 heavy (non-hydrogen) atoms. The molecule has 110 valence electrons. The lowest BCUT2D eigenvalue weighted by molar-refractivity contribution is 0.254. The van der Waals surface area contributed by atoms with Gasteiger partial charge in [0.1, 0.15) is 11.9 Å². The number of halogens is 2. The monoisotopic (exact) mass is 409 g/mol. The Morgan fingerprint density at radius 3 is 2.71 bits per heavy atom. The molecule has 1 aliphatic rings. The number of hydrogen-bond acceptors (Lipinski definition) is 2. The molecule has 0 aromatic heterocycles. The van der Waals surface area contributed by atoms with Gasteiger partial charge < -0.3 is 10.1 Å². The van der Waals surface area contributed by atoms with Crippen molar-refractivity contribution in [3.05, 3.63) is 62.0 Å². The number of hydrogen-bond donors (Lipinski definition) is 1. The fourth-order valence-corrected chi connectivity index (χ4v) is 4.13. The predicted molar refractivity (Wildman–Crippen MR) is 93.0 cm³/mol. The Morgan fingerprint density at radius 2 is 2.00 bits per heavy atom. The number of fused-ring (bicyclic) bond motifs is 1. The molecule has 4 heteroatoms. The van der Waals surface area contributed by atoms with Gasteiger partial charge >= 0.3 is 0 Å². The van der Waals surface area contributed by atoms with Gasteiger partial charge in [-0.1, -0.05) is 50.1 Å². The maximum Gasteiger partial charge on any atom is 0.123 e. The molecule has 1 heterocycles. The van der Waals surface area contributed by atoms with Crippen LogP contribution in [0.5, 0.6) is 5.75 Å². The van der Waals surface area contributed by atoms with E-state index in [2.05, 4.69) is 80.5 Å². The number of rotatable bonds is 3. The van der Waals surface area contributed by atoms with Crippen molar-refractivity contribution >= 4 is 31.9 Å². The second-order valence-corrected chi connectivity index (χ2v) is 7.16. The summed E-state index contributed by atoms with van der Waals surface area (Å²) in [5, 5.41) is 3.41. The number of benzene rings is 2. The molecular weight excluding hydrogens is 394 g/mol. The highest BCUT2D eigenvalue weighted by Crippen LogP contribution is 2.35. The summed E-state index contributed by atoms with van der Waals surface area (Å²) in [6, 6.07) is 12.9. The highest BCUT2D eigenvalue weighted by molar-refractivity contribution is 9.11. The van der Waals surface area contributed by atoms with Crippen LogP contribution in [0.1, 0.15) is 29.7 Å². The van der Waals surface area contributed by atoms with E-state index in [1.165, 1.54) is 16.7 Å². The van der Waals surface area contributed by atoms with E-state index < -0.39 is 0 Å². The summed E-state index contributed by atoms with van der Waals surface area (Å²) in [6.45, 7) is 2.11. The lowest BCUT2D eigenvalue weighted by atomic mass is 9.96. The second-order valence-electron chi connectivity index (χ2n) is 5.39. The molecule has 0 saturated heterocycles. The van der Waals surface area contributed by atoms with Crippen LogP contribution in [-0.2, 0) is 6.42 Å². The van der Waals surface area contributed by atoms with E-state index in [4.69, 9.17) is 4.74 Å². The van der Waals surface area contributed by atoms with Crippen LogP contribution in [0.4, 0.5) is 0 Å². The zero-order chi connectivity index (χ0) is 15.0. The van der Waals surface area contributed by atoms with Crippen molar-refractivity contribution in [1.82, 2.24) is 5.32 Å². The van der Waals surface area contributed by atoms with Crippen LogP contribution in [0.15, 0.2) is 45.3 Å². The smallest absolute Gasteiger partial charge is 0.123 e. The zero-order valence-corrected chi connectivity index (χ0v) is 15.2. The summed E-state index contributed by atoms with van der Waals surface area (Å²) in [5.74, 6) is 1.02. The van der Waals surface area contributed by atoms with Crippen molar-refractivity contribution in [3.8, 4) is 5.75 Å². The molecule has 2 atom stereocenters. The van der Waals surface area contributed by atoms with Crippen LogP contribution in [0.25, 0.3) is 0 Å². The quantitative estimate of drug-likeness (QED) is 0.781. The van der Waals surface area contributed by atoms with Gasteiger partial charge in [-0.05, 0) is 48.9 Å². The molecule has 0 bridgehead atoms. The molecule has 2 aromatic carbocycles. The van der Waals surface area contributed by atoms with Gasteiger partial charge in [0.05, 0.1) is 6.04 Å². The molecule has 0 fully saturated rings. The van der Waals surface area contributed by atoms with E-state index in [0.717, 1.165) is 21.1 Å². The average molecular weight is 411 g/mol. The summed E-state index contributed by atoms with van der Waals surface area (Å²) < 4.78 is 7.96. The van der Waals surface area contributed by atoms with E-state index in [9.17, 15) is 0 Å². The maximum absolute atomic E-state index is 5.78. The normalized spacial score (nSPS) is 18.2. The van der Waals surface area contributed by atoms with E-state index >= 15 is 0 Å². The van der Waals surface area contributed by atoms with E-state index in [0.29, 0.717) is 0 Å². The molecule has 0 spiro atoms. The van der Waals surface area contributed by atoms with Crippen LogP contribution >= 0.6 is 31.9 Å². The van der Waals surface area contributed by atoms with Crippen molar-refractivity contribution in [3.63, 3.8) is 0 Å². The summed E-state index contributed by atoms with van der Waals surface area (Å²) in [7, 11) is 1.99. The first-order chi connectivity index (χ1) is 10.1. The number of nitrogens with one attached hydrogen (secondary N) is 1. The summed E-state index contributed by atoms with van der Waals surface area (Å²) >= 11 is 7.17. The minimum absolute atomic E-state index is 0.161. The summed E-state index contributed by atoms with van der Waals surface area (Å²) in [5.41, 5.74) is 3.79. The van der Waals surface area contributed by atoms with Crippen molar-refractivity contribution in [2.75, 3.05) is 7.05 Å². The fourth-order valence-electron chi connectivity index (χ4n) is 2.86. The Morgan fingerprint density at radius 1 is 1.19 bits per heavy atom. The molecule has 0 amide bonds. The van der Waals surface area contributed by atoms with Crippen LogP contribution in [0, 0.1) is 0 Å². The number of ether oxygens (including phenoxy) is 1. The molecule has 2 unspecified atom stereocenters. The lowest BCUT2D eigenvalue weighted by Crippen LogP contribution is -2.18. The highest BCUT2D eigenvalue weighted by atomic mass is 79.9. The molecule has 0 aliphatic carbocycles. The molecule has 0 saturated carbocycles. The highest BCUT2D eigenvalue weighted by Gasteiger charge is 2.22. The van der Waals surface area contributed by atoms with Gasteiger partial charge in [-0.25, -0.2) is 0 Å². The van der Waals surface area contributed by atoms with Crippen molar-refractivity contribution < 1.29 is 4.74 Å². The first-order valence-electron chi connectivity index (χ1n) is 7.00. The minimum Gasteiger partial charge on any atom is -0.490 e. The molecule has 0 radical (unpaired) electrons. The molecule has 2 aromatic rings. The standard InChI is InChI=1S/C17H17Br2NO/c1-10-7-12-8-11(3-6-16(12)21-10)17(20-2)14-5-4-13(18)9-15(14)19/h3-6,8-10,17,20H,7H2,1-2H3. The van der Waals surface area contributed by atoms with Crippen molar-refractivity contribution in [2.45, 2.75) is 25.5 Å². The SMILES string of the molecule is CNC(c1ccc2c(c1)CC(C)O2)c1ccc(Br)cc1Br. The summed E-state index contributed by atoms with van der Waals surface area (Å²) in [4.78, 5) is 0. The molecular formula is C17H17Br2NO. The van der Waals surface area contributed by atoms with Crippen LogP contribution in [0.3, 0.4) is 0 Å². The maximum atomic E-state index is 5.78. The first-order valence-corrected chi connectivity index (χ1v) is 8.59. The predicted octanol–water partition coefficient (Wildman–Crippen LogP) is 4.84. The second kappa shape index (κ2) is 6.11. The third kappa shape index (κ3) is 3.03. The average Bonchev–Trinajstić information content (AvgIpc) is 2.81. The minimum atomic E-state index is 0.161. The Labute approximate surface area is 142 Å². The van der Waals surface area contributed by atoms with Crippen LogP contribution in [-0.4, -0.2) is 13.2 Å². The Hall–Kier alpha value is -0.840. The van der Waals surface area contributed by atoms with Gasteiger partial charge in [0.15, 0.2) is 0 Å².